The molecule has 0 fully saturated rings. The van der Waals surface area contributed by atoms with Crippen LogP contribution in [0.2, 0.25) is 5.02 Å². The third-order valence-corrected chi connectivity index (χ3v) is 7.38. The first-order valence-corrected chi connectivity index (χ1v) is 13.1. The topological polar surface area (TPSA) is 103 Å². The molecule has 0 aliphatic rings. The molecule has 1 N–H and O–H groups in total. The average Bonchev–Trinajstić information content (AvgIpc) is 2.90. The number of carbonyl (C=O) groups is 1. The summed E-state index contributed by atoms with van der Waals surface area (Å²) in [6, 6.07) is 16.0. The average molecular weight is 549 g/mol. The normalized spacial score (nSPS) is 10.9. The number of hydrogen-bond acceptors (Lipinski definition) is 7. The van der Waals surface area contributed by atoms with Crippen LogP contribution in [0, 0.1) is 0 Å². The van der Waals surface area contributed by atoms with Crippen LogP contribution in [0.5, 0.6) is 23.0 Å². The monoisotopic (exact) mass is 548 g/mol. The maximum atomic E-state index is 13.9. The van der Waals surface area contributed by atoms with Crippen LogP contribution in [-0.2, 0) is 21.4 Å². The Bertz CT molecular complexity index is 1350. The third-order valence-electron chi connectivity index (χ3n) is 5.39. The van der Waals surface area contributed by atoms with Gasteiger partial charge in [0.2, 0.25) is 5.91 Å². The Hall–Kier alpha value is -3.63. The van der Waals surface area contributed by atoms with Crippen LogP contribution in [0.4, 0.5) is 5.69 Å². The SMILES string of the molecule is CCOc1ccccc1CNC(=O)CN(c1cc(Cl)ccc1OC)S(=O)(=O)c1ccc(OC)c(OC)c1. The minimum atomic E-state index is -4.28. The molecule has 1 amide bonds. The van der Waals surface area contributed by atoms with E-state index in [-0.39, 0.29) is 33.6 Å². The molecular weight excluding hydrogens is 520 g/mol. The number of halogens is 1. The Balaban J connectivity index is 1.98. The van der Waals surface area contributed by atoms with E-state index in [2.05, 4.69) is 5.32 Å². The minimum Gasteiger partial charge on any atom is -0.495 e. The van der Waals surface area contributed by atoms with Crippen LogP contribution < -0.4 is 28.6 Å². The minimum absolute atomic E-state index is 0.106. The summed E-state index contributed by atoms with van der Waals surface area (Å²) in [4.78, 5) is 13.0. The van der Waals surface area contributed by atoms with Crippen molar-refractivity contribution >= 4 is 33.2 Å². The number of nitrogens with zero attached hydrogens (tertiary/aromatic N) is 1. The number of hydrogen-bond donors (Lipinski definition) is 1. The molecule has 0 saturated carbocycles. The maximum absolute atomic E-state index is 13.9. The molecule has 0 unspecified atom stereocenters. The van der Waals surface area contributed by atoms with Gasteiger partial charge >= 0.3 is 0 Å². The fourth-order valence-corrected chi connectivity index (χ4v) is 5.19. The lowest BCUT2D eigenvalue weighted by Gasteiger charge is -2.26. The van der Waals surface area contributed by atoms with Gasteiger partial charge in [-0.3, -0.25) is 9.10 Å². The van der Waals surface area contributed by atoms with Crippen molar-refractivity contribution in [2.75, 3.05) is 38.8 Å². The van der Waals surface area contributed by atoms with Gasteiger partial charge < -0.3 is 24.3 Å². The van der Waals surface area contributed by atoms with E-state index >= 15 is 0 Å². The molecule has 0 heterocycles. The van der Waals surface area contributed by atoms with Crippen molar-refractivity contribution in [3.05, 3.63) is 71.2 Å². The van der Waals surface area contributed by atoms with Crippen LogP contribution in [0.15, 0.2) is 65.6 Å². The highest BCUT2D eigenvalue weighted by Gasteiger charge is 2.30. The van der Waals surface area contributed by atoms with E-state index < -0.39 is 22.5 Å². The second-order valence-corrected chi connectivity index (χ2v) is 9.96. The van der Waals surface area contributed by atoms with E-state index in [1.807, 2.05) is 25.1 Å². The highest BCUT2D eigenvalue weighted by molar-refractivity contribution is 7.92. The lowest BCUT2D eigenvalue weighted by atomic mass is 10.2. The summed E-state index contributed by atoms with van der Waals surface area (Å²) in [6.07, 6.45) is 0. The molecule has 0 bridgehead atoms. The molecule has 0 radical (unpaired) electrons. The first-order chi connectivity index (χ1) is 17.7. The molecule has 198 valence electrons. The number of ether oxygens (including phenoxy) is 4. The van der Waals surface area contributed by atoms with Gasteiger partial charge in [0.1, 0.15) is 18.0 Å². The van der Waals surface area contributed by atoms with Crippen molar-refractivity contribution in [2.45, 2.75) is 18.4 Å². The summed E-state index contributed by atoms with van der Waals surface area (Å²) >= 11 is 6.20. The van der Waals surface area contributed by atoms with E-state index in [0.717, 1.165) is 9.87 Å². The number of sulfonamides is 1. The Morgan fingerprint density at radius 3 is 2.24 bits per heavy atom. The van der Waals surface area contributed by atoms with Gasteiger partial charge in [-0.25, -0.2) is 8.42 Å². The van der Waals surface area contributed by atoms with Gasteiger partial charge in [-0.05, 0) is 43.3 Å². The fraction of sp³-hybridized carbons (Fsp3) is 0.269. The Morgan fingerprint density at radius 1 is 0.892 bits per heavy atom. The number of carbonyl (C=O) groups excluding carboxylic acids is 1. The smallest absolute Gasteiger partial charge is 0.265 e. The Kier molecular flexibility index (Phi) is 9.48. The summed E-state index contributed by atoms with van der Waals surface area (Å²) in [7, 11) is -0.0308. The number of nitrogens with one attached hydrogen (secondary N) is 1. The fourth-order valence-electron chi connectivity index (χ4n) is 3.59. The number of amides is 1. The highest BCUT2D eigenvalue weighted by atomic mass is 35.5. The standard InChI is InChI=1S/C26H29ClN2O7S/c1-5-36-22-9-7-6-8-18(22)16-28-26(30)17-29(21-14-19(27)10-12-23(21)33-2)37(31,32)20-11-13-24(34-3)25(15-20)35-4/h6-15H,5,16-17H2,1-4H3,(H,28,30). The molecule has 3 aromatic carbocycles. The van der Waals surface area contributed by atoms with Gasteiger partial charge in [-0.2, -0.15) is 0 Å². The van der Waals surface area contributed by atoms with Crippen LogP contribution in [0.3, 0.4) is 0 Å². The lowest BCUT2D eigenvalue weighted by Crippen LogP contribution is -2.41. The Morgan fingerprint density at radius 2 is 1.57 bits per heavy atom. The molecule has 3 rings (SSSR count). The summed E-state index contributed by atoms with van der Waals surface area (Å²) in [6.45, 7) is 1.94. The summed E-state index contributed by atoms with van der Waals surface area (Å²) in [5, 5.41) is 3.04. The van der Waals surface area contributed by atoms with E-state index in [1.165, 1.54) is 51.7 Å². The molecule has 0 aromatic heterocycles. The van der Waals surface area contributed by atoms with Gasteiger partial charge in [0.05, 0.1) is 38.5 Å². The molecule has 3 aromatic rings. The molecule has 0 spiro atoms. The molecule has 0 aliphatic carbocycles. The van der Waals surface area contributed by atoms with E-state index in [1.54, 1.807) is 12.1 Å². The van der Waals surface area contributed by atoms with Crippen molar-refractivity contribution in [1.82, 2.24) is 5.32 Å². The van der Waals surface area contributed by atoms with Crippen molar-refractivity contribution in [3.8, 4) is 23.0 Å². The van der Waals surface area contributed by atoms with Crippen molar-refractivity contribution in [1.29, 1.82) is 0 Å². The zero-order valence-electron chi connectivity index (χ0n) is 21.0. The second kappa shape index (κ2) is 12.6. The second-order valence-electron chi connectivity index (χ2n) is 7.66. The number of rotatable bonds is 12. The van der Waals surface area contributed by atoms with Crippen molar-refractivity contribution in [2.24, 2.45) is 0 Å². The van der Waals surface area contributed by atoms with Crippen molar-refractivity contribution in [3.63, 3.8) is 0 Å². The molecule has 0 saturated heterocycles. The number of methoxy groups -OCH3 is 3. The largest absolute Gasteiger partial charge is 0.495 e. The van der Waals surface area contributed by atoms with Crippen molar-refractivity contribution < 1.29 is 32.2 Å². The summed E-state index contributed by atoms with van der Waals surface area (Å²) < 4.78 is 50.2. The predicted octanol–water partition coefficient (Wildman–Crippen LogP) is 4.28. The zero-order valence-corrected chi connectivity index (χ0v) is 22.6. The molecule has 11 heteroatoms. The highest BCUT2D eigenvalue weighted by Crippen LogP contribution is 2.37. The van der Waals surface area contributed by atoms with Gasteiger partial charge in [0, 0.05) is 23.2 Å². The third kappa shape index (κ3) is 6.58. The van der Waals surface area contributed by atoms with Crippen LogP contribution in [-0.4, -0.2) is 48.8 Å². The first kappa shape index (κ1) is 27.9. The molecule has 0 aliphatic heterocycles. The predicted molar refractivity (Wildman–Crippen MR) is 142 cm³/mol. The van der Waals surface area contributed by atoms with E-state index in [0.29, 0.717) is 18.1 Å². The van der Waals surface area contributed by atoms with Gasteiger partial charge in [-0.15, -0.1) is 0 Å². The first-order valence-electron chi connectivity index (χ1n) is 11.3. The van der Waals surface area contributed by atoms with Gasteiger partial charge in [0.25, 0.3) is 10.0 Å². The van der Waals surface area contributed by atoms with Crippen LogP contribution in [0.25, 0.3) is 0 Å². The quantitative estimate of drug-likeness (QED) is 0.360. The molecule has 37 heavy (non-hydrogen) atoms. The molecule has 9 nitrogen and oxygen atoms in total. The number of benzene rings is 3. The van der Waals surface area contributed by atoms with Gasteiger partial charge in [0.15, 0.2) is 11.5 Å². The maximum Gasteiger partial charge on any atom is 0.265 e. The molecular formula is C26H29ClN2O7S. The summed E-state index contributed by atoms with van der Waals surface area (Å²) in [5.74, 6) is 0.898. The van der Waals surface area contributed by atoms with E-state index in [9.17, 15) is 13.2 Å². The zero-order chi connectivity index (χ0) is 27.0. The number of para-hydroxylation sites is 1. The van der Waals surface area contributed by atoms with E-state index in [4.69, 9.17) is 30.5 Å². The summed E-state index contributed by atoms with van der Waals surface area (Å²) in [5.41, 5.74) is 0.863. The lowest BCUT2D eigenvalue weighted by molar-refractivity contribution is -0.119. The van der Waals surface area contributed by atoms with Crippen LogP contribution >= 0.6 is 11.6 Å². The molecule has 0 atom stereocenters. The van der Waals surface area contributed by atoms with Crippen LogP contribution in [0.1, 0.15) is 12.5 Å². The number of anilines is 1. The van der Waals surface area contributed by atoms with Gasteiger partial charge in [-0.1, -0.05) is 29.8 Å². The Labute approximate surface area is 221 Å².